The number of hydrogen-bond donors (Lipinski definition) is 0. The van der Waals surface area contributed by atoms with Gasteiger partial charge in [0.05, 0.1) is 4.47 Å². The Hall–Kier alpha value is -0.800. The molecule has 0 aliphatic carbocycles. The van der Waals surface area contributed by atoms with Crippen molar-refractivity contribution in [2.45, 2.75) is 25.3 Å². The maximum Gasteiger partial charge on any atom is 0.134 e. The largest absolute Gasteiger partial charge is 0.488 e. The fourth-order valence-electron chi connectivity index (χ4n) is 1.78. The molecule has 0 aromatic heterocycles. The summed E-state index contributed by atoms with van der Waals surface area (Å²) in [5.74, 6) is 0.879. The minimum Gasteiger partial charge on any atom is -0.488 e. The number of aryl methyl sites for hydroxylation is 1. The van der Waals surface area contributed by atoms with Gasteiger partial charge in [-0.1, -0.05) is 53.2 Å². The topological polar surface area (TPSA) is 9.23 Å². The van der Waals surface area contributed by atoms with Gasteiger partial charge in [0.15, 0.2) is 0 Å². The molecule has 0 N–H and O–H groups in total. The highest BCUT2D eigenvalue weighted by Gasteiger charge is 2.03. The molecule has 0 atom stereocenters. The Morgan fingerprint density at radius 3 is 2.16 bits per heavy atom. The standard InChI is InChI=1S/C16H16Br2O/c1-2-12-3-5-13(6-4-12)11-19-16-8-7-14(10-17)9-15(16)18/h3-9H,2,10-11H2,1H3. The zero-order valence-corrected chi connectivity index (χ0v) is 14.0. The highest BCUT2D eigenvalue weighted by atomic mass is 79.9. The maximum absolute atomic E-state index is 5.83. The van der Waals surface area contributed by atoms with Gasteiger partial charge in [0.25, 0.3) is 0 Å². The summed E-state index contributed by atoms with van der Waals surface area (Å²) >= 11 is 6.98. The maximum atomic E-state index is 5.83. The lowest BCUT2D eigenvalue weighted by molar-refractivity contribution is 0.304. The molecule has 2 rings (SSSR count). The summed E-state index contributed by atoms with van der Waals surface area (Å²) in [7, 11) is 0. The summed E-state index contributed by atoms with van der Waals surface area (Å²) < 4.78 is 6.83. The van der Waals surface area contributed by atoms with Crippen molar-refractivity contribution in [1.29, 1.82) is 0 Å². The second-order valence-corrected chi connectivity index (χ2v) is 5.77. The second-order valence-electron chi connectivity index (χ2n) is 4.36. The number of ether oxygens (including phenoxy) is 1. The van der Waals surface area contributed by atoms with Crippen LogP contribution in [0.2, 0.25) is 0 Å². The molecule has 3 heteroatoms. The van der Waals surface area contributed by atoms with Gasteiger partial charge < -0.3 is 4.74 Å². The van der Waals surface area contributed by atoms with Crippen molar-refractivity contribution < 1.29 is 4.74 Å². The van der Waals surface area contributed by atoms with Crippen LogP contribution in [0.1, 0.15) is 23.6 Å². The quantitative estimate of drug-likeness (QED) is 0.620. The van der Waals surface area contributed by atoms with Gasteiger partial charge in [-0.05, 0) is 51.2 Å². The third-order valence-corrected chi connectivity index (χ3v) is 4.24. The van der Waals surface area contributed by atoms with E-state index in [9.17, 15) is 0 Å². The van der Waals surface area contributed by atoms with E-state index in [0.29, 0.717) is 6.61 Å². The van der Waals surface area contributed by atoms with Gasteiger partial charge in [0.2, 0.25) is 0 Å². The zero-order valence-electron chi connectivity index (χ0n) is 10.8. The van der Waals surface area contributed by atoms with Crippen molar-refractivity contribution >= 4 is 31.9 Å². The van der Waals surface area contributed by atoms with Gasteiger partial charge in [-0.15, -0.1) is 0 Å². The lowest BCUT2D eigenvalue weighted by Gasteiger charge is -2.09. The lowest BCUT2D eigenvalue weighted by atomic mass is 10.1. The van der Waals surface area contributed by atoms with Crippen LogP contribution < -0.4 is 4.74 Å². The molecule has 0 aliphatic rings. The van der Waals surface area contributed by atoms with Crippen LogP contribution in [0.15, 0.2) is 46.9 Å². The smallest absolute Gasteiger partial charge is 0.134 e. The molecule has 0 aliphatic heterocycles. The Kier molecular flexibility index (Phi) is 5.46. The van der Waals surface area contributed by atoms with Gasteiger partial charge in [-0.25, -0.2) is 0 Å². The van der Waals surface area contributed by atoms with Crippen molar-refractivity contribution in [2.75, 3.05) is 0 Å². The van der Waals surface area contributed by atoms with E-state index in [2.05, 4.69) is 75.2 Å². The number of rotatable bonds is 5. The highest BCUT2D eigenvalue weighted by Crippen LogP contribution is 2.27. The van der Waals surface area contributed by atoms with Crippen molar-refractivity contribution in [3.05, 3.63) is 63.6 Å². The molecule has 2 aromatic rings. The Morgan fingerprint density at radius 2 is 1.58 bits per heavy atom. The van der Waals surface area contributed by atoms with Crippen LogP contribution >= 0.6 is 31.9 Å². The highest BCUT2D eigenvalue weighted by molar-refractivity contribution is 9.10. The Bertz CT molecular complexity index is 535. The second kappa shape index (κ2) is 7.11. The van der Waals surface area contributed by atoms with Crippen LogP contribution in [0.25, 0.3) is 0 Å². The van der Waals surface area contributed by atoms with Crippen LogP contribution in [0.3, 0.4) is 0 Å². The Balaban J connectivity index is 2.01. The molecule has 0 saturated heterocycles. The van der Waals surface area contributed by atoms with E-state index >= 15 is 0 Å². The fraction of sp³-hybridized carbons (Fsp3) is 0.250. The normalized spacial score (nSPS) is 10.5. The molecule has 19 heavy (non-hydrogen) atoms. The average molecular weight is 384 g/mol. The molecule has 100 valence electrons. The van der Waals surface area contributed by atoms with Crippen LogP contribution in [-0.4, -0.2) is 0 Å². The molecule has 0 fully saturated rings. The van der Waals surface area contributed by atoms with Crippen LogP contribution in [0.4, 0.5) is 0 Å². The summed E-state index contributed by atoms with van der Waals surface area (Å²) in [5, 5.41) is 0.852. The molecule has 0 heterocycles. The molecule has 1 nitrogen and oxygen atoms in total. The molecule has 2 aromatic carbocycles. The van der Waals surface area contributed by atoms with Gasteiger partial charge >= 0.3 is 0 Å². The Morgan fingerprint density at radius 1 is 0.947 bits per heavy atom. The third-order valence-electron chi connectivity index (χ3n) is 2.98. The zero-order chi connectivity index (χ0) is 13.7. The third kappa shape index (κ3) is 4.08. The molecule has 0 bridgehead atoms. The number of benzene rings is 2. The fourth-order valence-corrected chi connectivity index (χ4v) is 2.67. The number of hydrogen-bond acceptors (Lipinski definition) is 1. The van der Waals surface area contributed by atoms with Gasteiger partial charge in [0, 0.05) is 5.33 Å². The summed E-state index contributed by atoms with van der Waals surface area (Å²) in [5.41, 5.74) is 3.77. The SMILES string of the molecule is CCc1ccc(COc2ccc(CBr)cc2Br)cc1. The molecule has 0 amide bonds. The van der Waals surface area contributed by atoms with Crippen LogP contribution in [0, 0.1) is 0 Å². The minimum atomic E-state index is 0.594. The van der Waals surface area contributed by atoms with E-state index in [1.165, 1.54) is 16.7 Å². The predicted octanol–water partition coefficient (Wildman–Crippen LogP) is 5.49. The summed E-state index contributed by atoms with van der Waals surface area (Å²) in [6.45, 7) is 2.75. The van der Waals surface area contributed by atoms with E-state index in [1.54, 1.807) is 0 Å². The Labute approximate surface area is 131 Å². The van der Waals surface area contributed by atoms with Crippen molar-refractivity contribution in [2.24, 2.45) is 0 Å². The van der Waals surface area contributed by atoms with Crippen molar-refractivity contribution in [3.8, 4) is 5.75 Å². The van der Waals surface area contributed by atoms with Crippen molar-refractivity contribution in [1.82, 2.24) is 0 Å². The molecule has 0 spiro atoms. The average Bonchev–Trinajstić information content (AvgIpc) is 2.46. The number of alkyl halides is 1. The van der Waals surface area contributed by atoms with Gasteiger partial charge in [0.1, 0.15) is 12.4 Å². The van der Waals surface area contributed by atoms with E-state index < -0.39 is 0 Å². The minimum absolute atomic E-state index is 0.594. The van der Waals surface area contributed by atoms with Gasteiger partial charge in [-0.3, -0.25) is 0 Å². The van der Waals surface area contributed by atoms with E-state index in [1.807, 2.05) is 6.07 Å². The summed E-state index contributed by atoms with van der Waals surface area (Å²) in [6, 6.07) is 14.7. The number of halogens is 2. The monoisotopic (exact) mass is 382 g/mol. The van der Waals surface area contributed by atoms with Gasteiger partial charge in [-0.2, -0.15) is 0 Å². The van der Waals surface area contributed by atoms with Crippen LogP contribution in [-0.2, 0) is 18.4 Å². The molecule has 0 unspecified atom stereocenters. The first-order chi connectivity index (χ1) is 9.22. The first kappa shape index (κ1) is 14.6. The van der Waals surface area contributed by atoms with E-state index in [-0.39, 0.29) is 0 Å². The molecule has 0 radical (unpaired) electrons. The first-order valence-electron chi connectivity index (χ1n) is 6.28. The predicted molar refractivity (Wildman–Crippen MR) is 86.9 cm³/mol. The summed E-state index contributed by atoms with van der Waals surface area (Å²) in [6.07, 6.45) is 1.07. The van der Waals surface area contributed by atoms with Crippen LogP contribution in [0.5, 0.6) is 5.75 Å². The molecule has 0 saturated carbocycles. The lowest BCUT2D eigenvalue weighted by Crippen LogP contribution is -1.96. The van der Waals surface area contributed by atoms with E-state index in [4.69, 9.17) is 4.74 Å². The van der Waals surface area contributed by atoms with Crippen molar-refractivity contribution in [3.63, 3.8) is 0 Å². The summed E-state index contributed by atoms with van der Waals surface area (Å²) in [4.78, 5) is 0. The van der Waals surface area contributed by atoms with E-state index in [0.717, 1.165) is 22.0 Å². The molecular weight excluding hydrogens is 368 g/mol. The first-order valence-corrected chi connectivity index (χ1v) is 8.19. The molecular formula is C16H16Br2O.